The van der Waals surface area contributed by atoms with Crippen molar-refractivity contribution >= 4 is 16.9 Å². The number of hydrogen-bond acceptors (Lipinski definition) is 2. The molecule has 1 heterocycles. The van der Waals surface area contributed by atoms with E-state index in [4.69, 9.17) is 5.11 Å². The van der Waals surface area contributed by atoms with Crippen molar-refractivity contribution in [3.05, 3.63) is 57.9 Å². The third kappa shape index (κ3) is 2.57. The summed E-state index contributed by atoms with van der Waals surface area (Å²) < 4.78 is 1.58. The highest BCUT2D eigenvalue weighted by molar-refractivity contribution is 6.02. The van der Waals surface area contributed by atoms with Crippen LogP contribution >= 0.6 is 0 Å². The van der Waals surface area contributed by atoms with Crippen LogP contribution in [0, 0.1) is 0 Å². The lowest BCUT2D eigenvalue weighted by molar-refractivity contribution is 0.0698. The molecule has 4 nitrogen and oxygen atoms in total. The van der Waals surface area contributed by atoms with Crippen molar-refractivity contribution in [3.8, 4) is 0 Å². The highest BCUT2D eigenvalue weighted by atomic mass is 16.4. The zero-order valence-corrected chi connectivity index (χ0v) is 10.9. The number of carboxylic acid groups (broad SMARTS) is 1. The second kappa shape index (κ2) is 5.10. The Balaban J connectivity index is 2.76. The van der Waals surface area contributed by atoms with E-state index in [0.717, 1.165) is 5.57 Å². The van der Waals surface area contributed by atoms with E-state index in [2.05, 4.69) is 0 Å². The van der Waals surface area contributed by atoms with E-state index in [0.29, 0.717) is 17.4 Å². The van der Waals surface area contributed by atoms with Crippen LogP contribution in [-0.2, 0) is 6.54 Å². The molecule has 0 amide bonds. The van der Waals surface area contributed by atoms with Crippen molar-refractivity contribution in [2.75, 3.05) is 0 Å². The van der Waals surface area contributed by atoms with Gasteiger partial charge < -0.3 is 9.67 Å². The van der Waals surface area contributed by atoms with Gasteiger partial charge in [-0.05, 0) is 19.9 Å². The van der Waals surface area contributed by atoms with E-state index >= 15 is 0 Å². The predicted molar refractivity (Wildman–Crippen MR) is 74.6 cm³/mol. The van der Waals surface area contributed by atoms with Crippen molar-refractivity contribution in [1.82, 2.24) is 4.57 Å². The van der Waals surface area contributed by atoms with Crippen LogP contribution in [0.2, 0.25) is 0 Å². The molecule has 4 heteroatoms. The number of fused-ring (bicyclic) bond motifs is 1. The van der Waals surface area contributed by atoms with Gasteiger partial charge in [-0.3, -0.25) is 4.79 Å². The van der Waals surface area contributed by atoms with Crippen LogP contribution in [-0.4, -0.2) is 15.6 Å². The molecule has 0 aliphatic heterocycles. The Morgan fingerprint density at radius 1 is 1.32 bits per heavy atom. The van der Waals surface area contributed by atoms with Gasteiger partial charge in [0, 0.05) is 18.0 Å². The largest absolute Gasteiger partial charge is 0.478 e. The van der Waals surface area contributed by atoms with E-state index in [1.54, 1.807) is 28.8 Å². The number of pyridine rings is 1. The number of allylic oxidation sites excluding steroid dienone is 2. The Kier molecular flexibility index (Phi) is 3.51. The van der Waals surface area contributed by atoms with Crippen molar-refractivity contribution in [2.45, 2.75) is 20.4 Å². The van der Waals surface area contributed by atoms with E-state index in [-0.39, 0.29) is 11.1 Å². The van der Waals surface area contributed by atoms with Gasteiger partial charge in [-0.2, -0.15) is 0 Å². The molecule has 0 aliphatic rings. The number of para-hydroxylation sites is 1. The zero-order valence-electron chi connectivity index (χ0n) is 10.9. The van der Waals surface area contributed by atoms with Gasteiger partial charge in [-0.1, -0.05) is 29.8 Å². The minimum atomic E-state index is -1.08. The normalized spacial score (nSPS) is 10.4. The summed E-state index contributed by atoms with van der Waals surface area (Å²) in [5, 5.41) is 9.74. The maximum atomic E-state index is 12.0. The molecule has 2 aromatic rings. The fourth-order valence-corrected chi connectivity index (χ4v) is 1.97. The van der Waals surface area contributed by atoms with Crippen LogP contribution in [0.1, 0.15) is 24.2 Å². The number of nitrogens with zero attached hydrogens (tertiary/aromatic N) is 1. The molecule has 19 heavy (non-hydrogen) atoms. The topological polar surface area (TPSA) is 59.3 Å². The molecule has 0 bridgehead atoms. The van der Waals surface area contributed by atoms with Gasteiger partial charge in [0.25, 0.3) is 5.56 Å². The monoisotopic (exact) mass is 257 g/mol. The van der Waals surface area contributed by atoms with E-state index in [1.807, 2.05) is 19.9 Å². The summed E-state index contributed by atoms with van der Waals surface area (Å²) in [7, 11) is 0. The van der Waals surface area contributed by atoms with Crippen LogP contribution < -0.4 is 5.56 Å². The molecule has 0 saturated heterocycles. The maximum Gasteiger partial charge on any atom is 0.336 e. The standard InChI is InChI=1S/C15H15NO3/c1-10(2)7-8-16-13-6-4-3-5-11(13)12(15(18)19)9-14(16)17/h3-7,9H,8H2,1-2H3,(H,18,19). The minimum Gasteiger partial charge on any atom is -0.478 e. The maximum absolute atomic E-state index is 12.0. The van der Waals surface area contributed by atoms with Gasteiger partial charge in [-0.25, -0.2) is 4.79 Å². The van der Waals surface area contributed by atoms with Gasteiger partial charge in [0.05, 0.1) is 11.1 Å². The number of benzene rings is 1. The number of rotatable bonds is 3. The van der Waals surface area contributed by atoms with Crippen LogP contribution in [0.15, 0.2) is 46.8 Å². The average molecular weight is 257 g/mol. The Hall–Kier alpha value is -2.36. The smallest absolute Gasteiger partial charge is 0.336 e. The summed E-state index contributed by atoms with van der Waals surface area (Å²) in [4.78, 5) is 23.2. The molecule has 0 saturated carbocycles. The number of aromatic nitrogens is 1. The van der Waals surface area contributed by atoms with Gasteiger partial charge in [0.2, 0.25) is 0 Å². The van der Waals surface area contributed by atoms with Crippen molar-refractivity contribution < 1.29 is 9.90 Å². The molecule has 0 fully saturated rings. The molecular formula is C15H15NO3. The lowest BCUT2D eigenvalue weighted by Gasteiger charge is -2.10. The Labute approximate surface area is 110 Å². The molecule has 1 aromatic heterocycles. The van der Waals surface area contributed by atoms with Crippen LogP contribution in [0.5, 0.6) is 0 Å². The summed E-state index contributed by atoms with van der Waals surface area (Å²) in [5.41, 5.74) is 1.51. The fourth-order valence-electron chi connectivity index (χ4n) is 1.97. The minimum absolute atomic E-state index is 0.0500. The lowest BCUT2D eigenvalue weighted by Crippen LogP contribution is -2.21. The highest BCUT2D eigenvalue weighted by Crippen LogP contribution is 2.17. The Morgan fingerprint density at radius 3 is 2.63 bits per heavy atom. The van der Waals surface area contributed by atoms with Gasteiger partial charge in [-0.15, -0.1) is 0 Å². The van der Waals surface area contributed by atoms with E-state index in [9.17, 15) is 9.59 Å². The second-order valence-electron chi connectivity index (χ2n) is 4.61. The van der Waals surface area contributed by atoms with E-state index in [1.165, 1.54) is 6.07 Å². The Bertz CT molecular complexity index is 722. The number of aromatic carboxylic acids is 1. The first-order valence-electron chi connectivity index (χ1n) is 6.00. The summed E-state index contributed by atoms with van der Waals surface area (Å²) in [6.07, 6.45) is 1.94. The summed E-state index contributed by atoms with van der Waals surface area (Å²) in [5.74, 6) is -1.08. The van der Waals surface area contributed by atoms with Crippen LogP contribution in [0.3, 0.4) is 0 Å². The summed E-state index contributed by atoms with van der Waals surface area (Å²) in [6.45, 7) is 4.36. The first-order chi connectivity index (χ1) is 9.00. The third-order valence-electron chi connectivity index (χ3n) is 2.93. The van der Waals surface area contributed by atoms with Gasteiger partial charge in [0.15, 0.2) is 0 Å². The first-order valence-corrected chi connectivity index (χ1v) is 6.00. The highest BCUT2D eigenvalue weighted by Gasteiger charge is 2.12. The number of carboxylic acids is 1. The summed E-state index contributed by atoms with van der Waals surface area (Å²) in [6, 6.07) is 8.24. The van der Waals surface area contributed by atoms with Crippen LogP contribution in [0.4, 0.5) is 0 Å². The molecule has 2 rings (SSSR count). The molecule has 0 atom stereocenters. The average Bonchev–Trinajstić information content (AvgIpc) is 2.36. The number of carbonyl (C=O) groups is 1. The molecule has 0 spiro atoms. The second-order valence-corrected chi connectivity index (χ2v) is 4.61. The summed E-state index contributed by atoms with van der Waals surface area (Å²) >= 11 is 0. The van der Waals surface area contributed by atoms with Crippen molar-refractivity contribution in [2.24, 2.45) is 0 Å². The van der Waals surface area contributed by atoms with Crippen molar-refractivity contribution in [3.63, 3.8) is 0 Å². The van der Waals surface area contributed by atoms with Gasteiger partial charge in [0.1, 0.15) is 0 Å². The number of hydrogen-bond donors (Lipinski definition) is 1. The molecule has 1 aromatic carbocycles. The lowest BCUT2D eigenvalue weighted by atomic mass is 10.1. The first kappa shape index (κ1) is 13.1. The van der Waals surface area contributed by atoms with E-state index < -0.39 is 5.97 Å². The quantitative estimate of drug-likeness (QED) is 0.860. The third-order valence-corrected chi connectivity index (χ3v) is 2.93. The molecular weight excluding hydrogens is 242 g/mol. The zero-order chi connectivity index (χ0) is 14.0. The van der Waals surface area contributed by atoms with Crippen molar-refractivity contribution in [1.29, 1.82) is 0 Å². The van der Waals surface area contributed by atoms with Crippen LogP contribution in [0.25, 0.3) is 10.9 Å². The fraction of sp³-hybridized carbons (Fsp3) is 0.200. The molecule has 1 N–H and O–H groups in total. The molecule has 0 aliphatic carbocycles. The molecule has 0 radical (unpaired) electrons. The molecule has 98 valence electrons. The van der Waals surface area contributed by atoms with Gasteiger partial charge >= 0.3 is 5.97 Å². The predicted octanol–water partition coefficient (Wildman–Crippen LogP) is 2.67. The Morgan fingerprint density at radius 2 is 2.00 bits per heavy atom. The molecule has 0 unspecified atom stereocenters. The SMILES string of the molecule is CC(C)=CCn1c(=O)cc(C(=O)O)c2ccccc21.